The molecule has 2 amide bonds. The molecule has 5 nitrogen and oxygen atoms in total. The molecule has 0 fully saturated rings. The molecule has 1 aromatic carbocycles. The summed E-state index contributed by atoms with van der Waals surface area (Å²) in [4.78, 5) is 27.3. The number of carbonyl (C=O) groups is 2. The highest BCUT2D eigenvalue weighted by Crippen LogP contribution is 2.14. The molecule has 6 heteroatoms. The Kier molecular flexibility index (Phi) is 4.84. The van der Waals surface area contributed by atoms with Crippen molar-refractivity contribution in [3.63, 3.8) is 0 Å². The van der Waals surface area contributed by atoms with Crippen LogP contribution in [0.15, 0.2) is 35.7 Å². The van der Waals surface area contributed by atoms with Gasteiger partial charge in [0.15, 0.2) is 5.13 Å². The molecule has 0 spiro atoms. The molecule has 0 saturated heterocycles. The third-order valence-corrected chi connectivity index (χ3v) is 3.55. The van der Waals surface area contributed by atoms with Crippen LogP contribution in [0.3, 0.4) is 0 Å². The quantitative estimate of drug-likeness (QED) is 0.852. The molecule has 2 rings (SSSR count). The predicted molar refractivity (Wildman–Crippen MR) is 84.3 cm³/mol. The third kappa shape index (κ3) is 4.25. The van der Waals surface area contributed by atoms with Gasteiger partial charge in [-0.25, -0.2) is 4.98 Å². The van der Waals surface area contributed by atoms with Crippen LogP contribution in [-0.2, 0) is 4.79 Å². The summed E-state index contributed by atoms with van der Waals surface area (Å²) in [5.41, 5.74) is 2.30. The molecule has 108 valence electrons. The highest BCUT2D eigenvalue weighted by atomic mass is 32.1. The molecule has 0 saturated carbocycles. The summed E-state index contributed by atoms with van der Waals surface area (Å²) in [7, 11) is 1.58. The van der Waals surface area contributed by atoms with Crippen molar-refractivity contribution in [2.24, 2.45) is 0 Å². The van der Waals surface area contributed by atoms with Crippen molar-refractivity contribution < 1.29 is 9.59 Å². The maximum atomic E-state index is 11.7. The SMILES string of the molecule is CNC(=O)c1ccc(/C=C/C(=O)Nc2nc(C)cs2)cc1. The molecule has 0 aliphatic heterocycles. The first-order valence-electron chi connectivity index (χ1n) is 6.32. The molecule has 2 aromatic rings. The normalized spacial score (nSPS) is 10.6. The fraction of sp³-hybridized carbons (Fsp3) is 0.133. The minimum Gasteiger partial charge on any atom is -0.355 e. The second-order valence-electron chi connectivity index (χ2n) is 4.32. The number of amides is 2. The fourth-order valence-electron chi connectivity index (χ4n) is 1.62. The van der Waals surface area contributed by atoms with Crippen LogP contribution in [0, 0.1) is 6.92 Å². The van der Waals surface area contributed by atoms with Crippen molar-refractivity contribution >= 4 is 34.4 Å². The van der Waals surface area contributed by atoms with Gasteiger partial charge in [-0.1, -0.05) is 12.1 Å². The van der Waals surface area contributed by atoms with Gasteiger partial charge in [0.05, 0.1) is 5.69 Å². The number of benzene rings is 1. The molecular formula is C15H15N3O2S. The summed E-state index contributed by atoms with van der Waals surface area (Å²) in [6.45, 7) is 1.87. The van der Waals surface area contributed by atoms with Gasteiger partial charge in [-0.15, -0.1) is 11.3 Å². The maximum absolute atomic E-state index is 11.7. The number of aryl methyl sites for hydroxylation is 1. The Balaban J connectivity index is 1.97. The van der Waals surface area contributed by atoms with Crippen molar-refractivity contribution in [2.45, 2.75) is 6.92 Å². The smallest absolute Gasteiger partial charge is 0.251 e. The van der Waals surface area contributed by atoms with E-state index in [9.17, 15) is 9.59 Å². The van der Waals surface area contributed by atoms with Crippen molar-refractivity contribution in [3.8, 4) is 0 Å². The second kappa shape index (κ2) is 6.81. The van der Waals surface area contributed by atoms with E-state index in [1.165, 1.54) is 17.4 Å². The summed E-state index contributed by atoms with van der Waals surface area (Å²) in [6.07, 6.45) is 3.12. The number of carbonyl (C=O) groups excluding carboxylic acids is 2. The van der Waals surface area contributed by atoms with Crippen molar-refractivity contribution in [2.75, 3.05) is 12.4 Å². The van der Waals surface area contributed by atoms with Crippen LogP contribution >= 0.6 is 11.3 Å². The van der Waals surface area contributed by atoms with Crippen molar-refractivity contribution in [3.05, 3.63) is 52.5 Å². The zero-order valence-corrected chi connectivity index (χ0v) is 12.5. The molecular weight excluding hydrogens is 286 g/mol. The minimum atomic E-state index is -0.236. The molecule has 2 N–H and O–H groups in total. The largest absolute Gasteiger partial charge is 0.355 e. The first kappa shape index (κ1) is 14.9. The fourth-order valence-corrected chi connectivity index (χ4v) is 2.31. The summed E-state index contributed by atoms with van der Waals surface area (Å²) >= 11 is 1.39. The van der Waals surface area contributed by atoms with Crippen molar-refractivity contribution in [1.29, 1.82) is 0 Å². The van der Waals surface area contributed by atoms with E-state index in [1.807, 2.05) is 12.3 Å². The van der Waals surface area contributed by atoms with E-state index in [-0.39, 0.29) is 11.8 Å². The number of anilines is 1. The number of aromatic nitrogens is 1. The zero-order chi connectivity index (χ0) is 15.2. The Hall–Kier alpha value is -2.47. The number of hydrogen-bond donors (Lipinski definition) is 2. The van der Waals surface area contributed by atoms with Gasteiger partial charge in [0.1, 0.15) is 0 Å². The van der Waals surface area contributed by atoms with Crippen LogP contribution in [0.1, 0.15) is 21.6 Å². The van der Waals surface area contributed by atoms with E-state index in [0.717, 1.165) is 11.3 Å². The van der Waals surface area contributed by atoms with E-state index in [0.29, 0.717) is 10.7 Å². The van der Waals surface area contributed by atoms with Crippen LogP contribution in [0.2, 0.25) is 0 Å². The standard InChI is InChI=1S/C15H15N3O2S/c1-10-9-21-15(17-10)18-13(19)8-5-11-3-6-12(7-4-11)14(20)16-2/h3-9H,1-2H3,(H,16,20)(H,17,18,19)/b8-5+. The van der Waals surface area contributed by atoms with Gasteiger partial charge in [-0.2, -0.15) is 0 Å². The molecule has 0 aliphatic rings. The number of hydrogen-bond acceptors (Lipinski definition) is 4. The lowest BCUT2D eigenvalue weighted by Gasteiger charge is -2.00. The summed E-state index contributed by atoms with van der Waals surface area (Å²) in [6, 6.07) is 6.98. The summed E-state index contributed by atoms with van der Waals surface area (Å²) < 4.78 is 0. The van der Waals surface area contributed by atoms with Crippen LogP contribution in [-0.4, -0.2) is 23.8 Å². The van der Waals surface area contributed by atoms with E-state index in [4.69, 9.17) is 0 Å². The van der Waals surface area contributed by atoms with Gasteiger partial charge >= 0.3 is 0 Å². The van der Waals surface area contributed by atoms with E-state index in [1.54, 1.807) is 37.4 Å². The van der Waals surface area contributed by atoms with Crippen LogP contribution < -0.4 is 10.6 Å². The van der Waals surface area contributed by atoms with Gasteiger partial charge in [-0.05, 0) is 30.7 Å². The molecule has 21 heavy (non-hydrogen) atoms. The number of rotatable bonds is 4. The second-order valence-corrected chi connectivity index (χ2v) is 5.18. The molecule has 0 unspecified atom stereocenters. The predicted octanol–water partition coefficient (Wildman–Crippen LogP) is 2.46. The first-order chi connectivity index (χ1) is 10.1. The average molecular weight is 301 g/mol. The lowest BCUT2D eigenvalue weighted by Crippen LogP contribution is -2.17. The number of nitrogens with zero attached hydrogens (tertiary/aromatic N) is 1. The Labute approximate surface area is 126 Å². The zero-order valence-electron chi connectivity index (χ0n) is 11.7. The topological polar surface area (TPSA) is 71.1 Å². The lowest BCUT2D eigenvalue weighted by atomic mass is 10.1. The Bertz CT molecular complexity index is 674. The molecule has 0 aliphatic carbocycles. The van der Waals surface area contributed by atoms with Gasteiger partial charge < -0.3 is 5.32 Å². The highest BCUT2D eigenvalue weighted by Gasteiger charge is 2.03. The molecule has 1 heterocycles. The molecule has 1 aromatic heterocycles. The Morgan fingerprint density at radius 3 is 2.52 bits per heavy atom. The first-order valence-corrected chi connectivity index (χ1v) is 7.20. The van der Waals surface area contributed by atoms with Crippen LogP contribution in [0.25, 0.3) is 6.08 Å². The summed E-state index contributed by atoms with van der Waals surface area (Å²) in [5, 5.41) is 7.70. The number of nitrogens with one attached hydrogen (secondary N) is 2. The van der Waals surface area contributed by atoms with Gasteiger partial charge in [0.2, 0.25) is 5.91 Å². The molecule has 0 radical (unpaired) electrons. The van der Waals surface area contributed by atoms with Gasteiger partial charge in [-0.3, -0.25) is 14.9 Å². The average Bonchev–Trinajstić information content (AvgIpc) is 2.90. The molecule has 0 bridgehead atoms. The highest BCUT2D eigenvalue weighted by molar-refractivity contribution is 7.13. The molecule has 0 atom stereocenters. The Morgan fingerprint density at radius 2 is 1.95 bits per heavy atom. The summed E-state index contributed by atoms with van der Waals surface area (Å²) in [5.74, 6) is -0.373. The van der Waals surface area contributed by atoms with Crippen LogP contribution in [0.5, 0.6) is 0 Å². The van der Waals surface area contributed by atoms with Crippen molar-refractivity contribution in [1.82, 2.24) is 10.3 Å². The maximum Gasteiger partial charge on any atom is 0.251 e. The van der Waals surface area contributed by atoms with E-state index >= 15 is 0 Å². The van der Waals surface area contributed by atoms with Gasteiger partial charge in [0, 0.05) is 24.1 Å². The number of thiazole rings is 1. The van der Waals surface area contributed by atoms with E-state index in [2.05, 4.69) is 15.6 Å². The van der Waals surface area contributed by atoms with Crippen LogP contribution in [0.4, 0.5) is 5.13 Å². The third-order valence-electron chi connectivity index (χ3n) is 2.68. The van der Waals surface area contributed by atoms with Gasteiger partial charge in [0.25, 0.3) is 5.91 Å². The minimum absolute atomic E-state index is 0.137. The Morgan fingerprint density at radius 1 is 1.24 bits per heavy atom. The lowest BCUT2D eigenvalue weighted by molar-refractivity contribution is -0.111. The monoisotopic (exact) mass is 301 g/mol. The van der Waals surface area contributed by atoms with E-state index < -0.39 is 0 Å².